The Hall–Kier alpha value is -3.22. The molecular weight excluding hydrogens is 316 g/mol. The SMILES string of the molecule is O=C(COC(=O)c1ccc2c(c1)OCO2)c1ccc2c(c1)OCO2. The number of benzene rings is 2. The van der Waals surface area contributed by atoms with Crippen LogP contribution in [0.25, 0.3) is 0 Å². The average molecular weight is 328 g/mol. The maximum absolute atomic E-state index is 12.1. The fraction of sp³-hybridized carbons (Fsp3) is 0.176. The summed E-state index contributed by atoms with van der Waals surface area (Å²) in [4.78, 5) is 24.2. The molecule has 7 nitrogen and oxygen atoms in total. The van der Waals surface area contributed by atoms with Crippen molar-refractivity contribution in [1.82, 2.24) is 0 Å². The van der Waals surface area contributed by atoms with E-state index in [-0.39, 0.29) is 31.5 Å². The minimum Gasteiger partial charge on any atom is -0.454 e. The molecule has 0 aliphatic carbocycles. The molecule has 0 atom stereocenters. The molecule has 2 aliphatic rings. The summed E-state index contributed by atoms with van der Waals surface area (Å²) in [5, 5.41) is 0. The number of esters is 1. The highest BCUT2D eigenvalue weighted by Crippen LogP contribution is 2.33. The van der Waals surface area contributed by atoms with Gasteiger partial charge >= 0.3 is 5.97 Å². The summed E-state index contributed by atoms with van der Waals surface area (Å²) < 4.78 is 25.8. The molecule has 0 aromatic heterocycles. The predicted molar refractivity (Wildman–Crippen MR) is 79.7 cm³/mol. The topological polar surface area (TPSA) is 80.3 Å². The van der Waals surface area contributed by atoms with Crippen LogP contribution in [0.15, 0.2) is 36.4 Å². The zero-order valence-electron chi connectivity index (χ0n) is 12.4. The lowest BCUT2D eigenvalue weighted by atomic mass is 10.1. The van der Waals surface area contributed by atoms with Gasteiger partial charge in [-0.1, -0.05) is 0 Å². The van der Waals surface area contributed by atoms with Crippen molar-refractivity contribution in [2.45, 2.75) is 0 Å². The van der Waals surface area contributed by atoms with Gasteiger partial charge in [-0.2, -0.15) is 0 Å². The highest BCUT2D eigenvalue weighted by atomic mass is 16.7. The molecule has 0 saturated carbocycles. The molecule has 0 N–H and O–H groups in total. The Morgan fingerprint density at radius 2 is 1.33 bits per heavy atom. The first kappa shape index (κ1) is 14.4. The number of carbonyl (C=O) groups excluding carboxylic acids is 2. The van der Waals surface area contributed by atoms with Crippen molar-refractivity contribution in [3.05, 3.63) is 47.5 Å². The molecule has 0 radical (unpaired) electrons. The predicted octanol–water partition coefficient (Wildman–Crippen LogP) is 2.18. The van der Waals surface area contributed by atoms with E-state index in [4.69, 9.17) is 23.7 Å². The second-order valence-electron chi connectivity index (χ2n) is 5.14. The zero-order chi connectivity index (χ0) is 16.5. The Morgan fingerprint density at radius 1 is 0.792 bits per heavy atom. The Bertz CT molecular complexity index is 758. The molecule has 0 unspecified atom stereocenters. The summed E-state index contributed by atoms with van der Waals surface area (Å²) >= 11 is 0. The van der Waals surface area contributed by atoms with Crippen molar-refractivity contribution < 1.29 is 33.3 Å². The lowest BCUT2D eigenvalue weighted by Gasteiger charge is -2.06. The largest absolute Gasteiger partial charge is 0.454 e. The third kappa shape index (κ3) is 2.60. The zero-order valence-corrected chi connectivity index (χ0v) is 12.4. The van der Waals surface area contributed by atoms with Gasteiger partial charge in [0.15, 0.2) is 35.4 Å². The molecule has 4 rings (SSSR count). The van der Waals surface area contributed by atoms with E-state index in [1.165, 1.54) is 6.07 Å². The first-order valence-electron chi connectivity index (χ1n) is 7.20. The van der Waals surface area contributed by atoms with Gasteiger partial charge in [0.05, 0.1) is 5.56 Å². The van der Waals surface area contributed by atoms with Crippen molar-refractivity contribution in [2.24, 2.45) is 0 Å². The molecule has 2 aromatic carbocycles. The fourth-order valence-corrected chi connectivity index (χ4v) is 2.39. The molecule has 0 saturated heterocycles. The Morgan fingerprint density at radius 3 is 2.00 bits per heavy atom. The highest BCUT2D eigenvalue weighted by molar-refractivity contribution is 6.00. The number of ketones is 1. The molecule has 0 bridgehead atoms. The van der Waals surface area contributed by atoms with E-state index in [0.717, 1.165) is 0 Å². The average Bonchev–Trinajstić information content (AvgIpc) is 3.26. The normalized spacial score (nSPS) is 13.7. The molecular formula is C17H12O7. The van der Waals surface area contributed by atoms with Crippen molar-refractivity contribution >= 4 is 11.8 Å². The second kappa shape index (κ2) is 5.77. The number of fused-ring (bicyclic) bond motifs is 2. The van der Waals surface area contributed by atoms with Crippen molar-refractivity contribution in [3.8, 4) is 23.0 Å². The number of carbonyl (C=O) groups is 2. The maximum atomic E-state index is 12.1. The molecule has 0 spiro atoms. The summed E-state index contributed by atoms with van der Waals surface area (Å²) in [6, 6.07) is 9.52. The minimum atomic E-state index is -0.609. The van der Waals surface area contributed by atoms with Gasteiger partial charge in [0, 0.05) is 5.56 Å². The van der Waals surface area contributed by atoms with Crippen LogP contribution in [-0.2, 0) is 4.74 Å². The first-order valence-corrected chi connectivity index (χ1v) is 7.20. The molecule has 0 fully saturated rings. The van der Waals surface area contributed by atoms with Crippen LogP contribution in [0.4, 0.5) is 0 Å². The summed E-state index contributed by atoms with van der Waals surface area (Å²) in [6.45, 7) is -0.116. The summed E-state index contributed by atoms with van der Waals surface area (Å²) in [7, 11) is 0. The smallest absolute Gasteiger partial charge is 0.338 e. The van der Waals surface area contributed by atoms with Crippen molar-refractivity contribution in [2.75, 3.05) is 20.2 Å². The standard InChI is InChI=1S/C17H12O7/c18-12(10-1-3-13-15(5-10)23-8-21-13)7-20-17(19)11-2-4-14-16(6-11)24-9-22-14/h1-6H,7-9H2. The lowest BCUT2D eigenvalue weighted by molar-refractivity contribution is 0.0474. The number of Topliss-reactive ketones (excluding diaryl/α,β-unsaturated/α-hetero) is 1. The number of rotatable bonds is 4. The Kier molecular flexibility index (Phi) is 3.45. The third-order valence-corrected chi connectivity index (χ3v) is 3.64. The summed E-state index contributed by atoms with van der Waals surface area (Å²) in [5.41, 5.74) is 0.676. The van der Waals surface area contributed by atoms with Crippen molar-refractivity contribution in [1.29, 1.82) is 0 Å². The summed E-state index contributed by atoms with van der Waals surface area (Å²) in [6.07, 6.45) is 0. The molecule has 7 heteroatoms. The number of hydrogen-bond donors (Lipinski definition) is 0. The van der Waals surface area contributed by atoms with Crippen LogP contribution in [0.1, 0.15) is 20.7 Å². The molecule has 122 valence electrons. The first-order chi connectivity index (χ1) is 11.7. The molecule has 0 amide bonds. The van der Waals surface area contributed by atoms with Gasteiger partial charge in [-0.15, -0.1) is 0 Å². The van der Waals surface area contributed by atoms with E-state index in [9.17, 15) is 9.59 Å². The van der Waals surface area contributed by atoms with Crippen molar-refractivity contribution in [3.63, 3.8) is 0 Å². The fourth-order valence-electron chi connectivity index (χ4n) is 2.39. The van der Waals surface area contributed by atoms with Crippen LogP contribution < -0.4 is 18.9 Å². The van der Waals surface area contributed by atoms with E-state index < -0.39 is 5.97 Å². The van der Waals surface area contributed by atoms with Crippen LogP contribution in [-0.4, -0.2) is 31.9 Å². The van der Waals surface area contributed by atoms with Crippen LogP contribution in [0.5, 0.6) is 23.0 Å². The monoisotopic (exact) mass is 328 g/mol. The molecule has 24 heavy (non-hydrogen) atoms. The number of hydrogen-bond acceptors (Lipinski definition) is 7. The molecule has 2 aliphatic heterocycles. The van der Waals surface area contributed by atoms with Gasteiger partial charge in [-0.25, -0.2) is 4.79 Å². The van der Waals surface area contributed by atoms with Crippen LogP contribution in [0, 0.1) is 0 Å². The number of ether oxygens (including phenoxy) is 5. The maximum Gasteiger partial charge on any atom is 0.338 e. The molecule has 2 heterocycles. The van der Waals surface area contributed by atoms with Crippen LogP contribution in [0.2, 0.25) is 0 Å². The van der Waals surface area contributed by atoms with E-state index in [1.807, 2.05) is 0 Å². The van der Waals surface area contributed by atoms with E-state index >= 15 is 0 Å². The van der Waals surface area contributed by atoms with E-state index in [0.29, 0.717) is 28.6 Å². The van der Waals surface area contributed by atoms with Crippen LogP contribution in [0.3, 0.4) is 0 Å². The quantitative estimate of drug-likeness (QED) is 0.628. The molecule has 2 aromatic rings. The van der Waals surface area contributed by atoms with Gasteiger partial charge in [-0.3, -0.25) is 4.79 Å². The van der Waals surface area contributed by atoms with Gasteiger partial charge < -0.3 is 23.7 Å². The summed E-state index contributed by atoms with van der Waals surface area (Å²) in [5.74, 6) is 1.20. The minimum absolute atomic E-state index is 0.121. The second-order valence-corrected chi connectivity index (χ2v) is 5.14. The van der Waals surface area contributed by atoms with Gasteiger partial charge in [0.1, 0.15) is 0 Å². The lowest BCUT2D eigenvalue weighted by Crippen LogP contribution is -2.14. The van der Waals surface area contributed by atoms with Gasteiger partial charge in [-0.05, 0) is 36.4 Å². The Balaban J connectivity index is 1.41. The van der Waals surface area contributed by atoms with Crippen LogP contribution >= 0.6 is 0 Å². The highest BCUT2D eigenvalue weighted by Gasteiger charge is 2.19. The van der Waals surface area contributed by atoms with E-state index in [2.05, 4.69) is 0 Å². The van der Waals surface area contributed by atoms with Gasteiger partial charge in [0.25, 0.3) is 0 Å². The third-order valence-electron chi connectivity index (χ3n) is 3.64. The van der Waals surface area contributed by atoms with Gasteiger partial charge in [0.2, 0.25) is 13.6 Å². The Labute approximate surface area is 136 Å². The van der Waals surface area contributed by atoms with E-state index in [1.54, 1.807) is 30.3 Å².